The predicted octanol–water partition coefficient (Wildman–Crippen LogP) is 4.23. The quantitative estimate of drug-likeness (QED) is 0.812. The number of aromatic nitrogens is 2. The summed E-state index contributed by atoms with van der Waals surface area (Å²) in [5.74, 6) is 0. The summed E-state index contributed by atoms with van der Waals surface area (Å²) in [5.41, 5.74) is -0.0529. The molecule has 0 N–H and O–H groups in total. The lowest BCUT2D eigenvalue weighted by molar-refractivity contribution is -0.137. The van der Waals surface area contributed by atoms with Crippen LogP contribution in [0, 0.1) is 0 Å². The second kappa shape index (κ2) is 6.25. The maximum atomic E-state index is 12.6. The van der Waals surface area contributed by atoms with Crippen LogP contribution in [-0.2, 0) is 6.18 Å². The van der Waals surface area contributed by atoms with Crippen molar-refractivity contribution in [2.75, 3.05) is 7.05 Å². The van der Waals surface area contributed by atoms with Crippen molar-refractivity contribution in [1.29, 1.82) is 0 Å². The number of piperidine rings is 1. The van der Waals surface area contributed by atoms with E-state index in [0.717, 1.165) is 25.0 Å². The summed E-state index contributed by atoms with van der Waals surface area (Å²) in [7, 11) is 2.17. The van der Waals surface area contributed by atoms with Crippen LogP contribution in [-0.4, -0.2) is 40.3 Å². The molecule has 134 valence electrons. The smallest absolute Gasteiger partial charge is 0.416 e. The van der Waals surface area contributed by atoms with Gasteiger partial charge in [-0.25, -0.2) is 0 Å². The van der Waals surface area contributed by atoms with E-state index in [1.54, 1.807) is 0 Å². The first kappa shape index (κ1) is 16.8. The highest BCUT2D eigenvalue weighted by Crippen LogP contribution is 2.37. The third-order valence-corrected chi connectivity index (χ3v) is 6.05. The number of alkyl halides is 3. The molecule has 2 fully saturated rings. The fraction of sp³-hybridized carbons (Fsp3) is 0.529. The number of nitrogens with zero attached hydrogens (tertiary/aromatic N) is 3. The summed E-state index contributed by atoms with van der Waals surface area (Å²) in [6.45, 7) is 0. The van der Waals surface area contributed by atoms with E-state index in [9.17, 15) is 13.2 Å². The summed E-state index contributed by atoms with van der Waals surface area (Å²) in [6, 6.07) is 6.11. The highest BCUT2D eigenvalue weighted by atomic mass is 32.1. The SMILES string of the molecule is CN1C2CCC1CC(Oc1nnc(-c3ccc(C(F)(F)F)cc3)s1)C2. The summed E-state index contributed by atoms with van der Waals surface area (Å²) < 4.78 is 43.9. The van der Waals surface area contributed by atoms with Gasteiger partial charge in [0.2, 0.25) is 0 Å². The Morgan fingerprint density at radius 1 is 1.08 bits per heavy atom. The van der Waals surface area contributed by atoms with Crippen molar-refractivity contribution >= 4 is 11.3 Å². The molecule has 0 spiro atoms. The van der Waals surface area contributed by atoms with E-state index in [0.29, 0.717) is 27.8 Å². The Morgan fingerprint density at radius 3 is 2.32 bits per heavy atom. The van der Waals surface area contributed by atoms with Crippen molar-refractivity contribution in [3.63, 3.8) is 0 Å². The summed E-state index contributed by atoms with van der Waals surface area (Å²) in [4.78, 5) is 2.44. The van der Waals surface area contributed by atoms with Crippen LogP contribution in [0.1, 0.15) is 31.2 Å². The molecule has 0 amide bonds. The zero-order valence-corrected chi connectivity index (χ0v) is 14.5. The largest absolute Gasteiger partial charge is 0.465 e. The van der Waals surface area contributed by atoms with Crippen LogP contribution in [0.2, 0.25) is 0 Å². The first-order chi connectivity index (χ1) is 11.9. The number of hydrogen-bond donors (Lipinski definition) is 0. The van der Waals surface area contributed by atoms with Crippen LogP contribution in [0.4, 0.5) is 13.2 Å². The van der Waals surface area contributed by atoms with E-state index in [-0.39, 0.29) is 6.10 Å². The van der Waals surface area contributed by atoms with Gasteiger partial charge in [-0.15, -0.1) is 5.10 Å². The maximum absolute atomic E-state index is 12.6. The van der Waals surface area contributed by atoms with E-state index < -0.39 is 11.7 Å². The molecule has 2 saturated heterocycles. The van der Waals surface area contributed by atoms with Crippen LogP contribution in [0.3, 0.4) is 0 Å². The molecule has 4 rings (SSSR count). The third-order valence-electron chi connectivity index (χ3n) is 5.19. The van der Waals surface area contributed by atoms with Crippen LogP contribution in [0.15, 0.2) is 24.3 Å². The van der Waals surface area contributed by atoms with Crippen LogP contribution in [0.25, 0.3) is 10.6 Å². The van der Waals surface area contributed by atoms with Crippen molar-refractivity contribution in [2.24, 2.45) is 0 Å². The molecule has 2 atom stereocenters. The second-order valence-corrected chi connectivity index (χ2v) is 7.65. The molecule has 2 bridgehead atoms. The van der Waals surface area contributed by atoms with Gasteiger partial charge in [0.05, 0.1) is 5.56 Å². The van der Waals surface area contributed by atoms with Gasteiger partial charge in [0.15, 0.2) is 5.01 Å². The molecule has 0 radical (unpaired) electrons. The predicted molar refractivity (Wildman–Crippen MR) is 88.6 cm³/mol. The number of halogens is 3. The zero-order valence-electron chi connectivity index (χ0n) is 13.7. The number of benzene rings is 1. The molecule has 8 heteroatoms. The van der Waals surface area contributed by atoms with Gasteiger partial charge >= 0.3 is 6.18 Å². The topological polar surface area (TPSA) is 38.2 Å². The molecular weight excluding hydrogens is 351 g/mol. The standard InChI is InChI=1S/C17H18F3N3OS/c1-23-12-6-7-13(23)9-14(8-12)24-16-22-21-15(25-16)10-2-4-11(5-3-10)17(18,19)20/h2-5,12-14H,6-9H2,1H3. The first-order valence-corrected chi connectivity index (χ1v) is 9.11. The molecular formula is C17H18F3N3OS. The molecule has 0 aliphatic carbocycles. The van der Waals surface area contributed by atoms with Crippen molar-refractivity contribution in [3.8, 4) is 15.8 Å². The molecule has 1 aromatic carbocycles. The molecule has 25 heavy (non-hydrogen) atoms. The number of rotatable bonds is 3. The van der Waals surface area contributed by atoms with E-state index >= 15 is 0 Å². The summed E-state index contributed by atoms with van der Waals surface area (Å²) >= 11 is 1.28. The highest BCUT2D eigenvalue weighted by Gasteiger charge is 2.39. The lowest BCUT2D eigenvalue weighted by atomic mass is 10.0. The average Bonchev–Trinajstić information content (AvgIpc) is 3.09. The van der Waals surface area contributed by atoms with Crippen molar-refractivity contribution in [2.45, 2.75) is 50.0 Å². The average molecular weight is 369 g/mol. The van der Waals surface area contributed by atoms with E-state index in [2.05, 4.69) is 22.1 Å². The normalized spacial score (nSPS) is 26.8. The van der Waals surface area contributed by atoms with Gasteiger partial charge < -0.3 is 9.64 Å². The van der Waals surface area contributed by atoms with Gasteiger partial charge in [0, 0.05) is 17.6 Å². The fourth-order valence-electron chi connectivity index (χ4n) is 3.78. The Kier molecular flexibility index (Phi) is 4.19. The molecule has 3 heterocycles. The minimum absolute atomic E-state index is 0.141. The minimum Gasteiger partial charge on any atom is -0.465 e. The monoisotopic (exact) mass is 369 g/mol. The van der Waals surface area contributed by atoms with Crippen LogP contribution in [0.5, 0.6) is 5.19 Å². The summed E-state index contributed by atoms with van der Waals surface area (Å²) in [6.07, 6.45) is 0.218. The van der Waals surface area contributed by atoms with Crippen molar-refractivity contribution < 1.29 is 17.9 Å². The molecule has 1 aromatic heterocycles. The number of fused-ring (bicyclic) bond motifs is 2. The van der Waals surface area contributed by atoms with Gasteiger partial charge in [-0.3, -0.25) is 0 Å². The Labute approximate surface area is 147 Å². The lowest BCUT2D eigenvalue weighted by Gasteiger charge is -2.35. The number of hydrogen-bond acceptors (Lipinski definition) is 5. The summed E-state index contributed by atoms with van der Waals surface area (Å²) in [5, 5.41) is 9.18. The van der Waals surface area contributed by atoms with Crippen LogP contribution >= 0.6 is 11.3 Å². The van der Waals surface area contributed by atoms with Gasteiger partial charge in [0.1, 0.15) is 6.10 Å². The lowest BCUT2D eigenvalue weighted by Crippen LogP contribution is -2.43. The second-order valence-electron chi connectivity index (χ2n) is 6.71. The molecule has 2 aliphatic rings. The minimum atomic E-state index is -4.33. The van der Waals surface area contributed by atoms with Crippen LogP contribution < -0.4 is 4.74 Å². The highest BCUT2D eigenvalue weighted by molar-refractivity contribution is 7.16. The van der Waals surface area contributed by atoms with Crippen molar-refractivity contribution in [1.82, 2.24) is 15.1 Å². The third kappa shape index (κ3) is 3.37. The fourth-order valence-corrected chi connectivity index (χ4v) is 4.54. The van der Waals surface area contributed by atoms with Crippen molar-refractivity contribution in [3.05, 3.63) is 29.8 Å². The molecule has 4 nitrogen and oxygen atoms in total. The van der Waals surface area contributed by atoms with Gasteiger partial charge in [0.25, 0.3) is 5.19 Å². The maximum Gasteiger partial charge on any atom is 0.416 e. The van der Waals surface area contributed by atoms with Gasteiger partial charge in [-0.1, -0.05) is 28.6 Å². The van der Waals surface area contributed by atoms with E-state index in [1.807, 2.05) is 0 Å². The molecule has 2 aromatic rings. The first-order valence-electron chi connectivity index (χ1n) is 8.30. The van der Waals surface area contributed by atoms with E-state index in [4.69, 9.17) is 4.74 Å². The zero-order chi connectivity index (χ0) is 17.6. The Hall–Kier alpha value is -1.67. The van der Waals surface area contributed by atoms with Gasteiger partial charge in [-0.05, 0) is 44.9 Å². The molecule has 2 aliphatic heterocycles. The molecule has 0 saturated carbocycles. The number of ether oxygens (including phenoxy) is 1. The van der Waals surface area contributed by atoms with Gasteiger partial charge in [-0.2, -0.15) is 13.2 Å². The Morgan fingerprint density at radius 2 is 1.72 bits per heavy atom. The Balaban J connectivity index is 1.44. The van der Waals surface area contributed by atoms with E-state index in [1.165, 1.54) is 36.3 Å². The Bertz CT molecular complexity index is 732. The molecule has 2 unspecified atom stereocenters.